The second-order valence-electron chi connectivity index (χ2n) is 7.29. The summed E-state index contributed by atoms with van der Waals surface area (Å²) in [4.78, 5) is 25.0. The van der Waals surface area contributed by atoms with Gasteiger partial charge >= 0.3 is 6.03 Å². The molecule has 0 aliphatic rings. The Hall–Kier alpha value is -4.46. The number of pyridine rings is 1. The number of carbonyl (C=O) groups excluding carboxylic acids is 1. The average Bonchev–Trinajstić information content (AvgIpc) is 2.75. The first-order valence-electron chi connectivity index (χ1n) is 10.1. The number of benzene rings is 2. The van der Waals surface area contributed by atoms with Crippen LogP contribution in [0.3, 0.4) is 0 Å². The van der Waals surface area contributed by atoms with Gasteiger partial charge in [-0.2, -0.15) is 0 Å². The fourth-order valence-electron chi connectivity index (χ4n) is 3.19. The number of urea groups is 1. The number of amides is 2. The van der Waals surface area contributed by atoms with Crippen LogP contribution in [0.2, 0.25) is 0 Å². The monoisotopic (exact) mass is 425 g/mol. The van der Waals surface area contributed by atoms with Crippen molar-refractivity contribution < 1.29 is 4.79 Å². The van der Waals surface area contributed by atoms with Crippen LogP contribution in [0, 0.1) is 13.8 Å². The summed E-state index contributed by atoms with van der Waals surface area (Å²) < 4.78 is 0. The van der Waals surface area contributed by atoms with Crippen LogP contribution in [-0.2, 0) is 0 Å². The van der Waals surface area contributed by atoms with Crippen LogP contribution < -0.4 is 21.3 Å². The Kier molecular flexibility index (Phi) is 6.22. The lowest BCUT2D eigenvalue weighted by molar-refractivity contribution is 0.262. The molecule has 8 heteroatoms. The molecular formula is C24H23N7O. The third-order valence-corrected chi connectivity index (χ3v) is 4.48. The van der Waals surface area contributed by atoms with E-state index in [-0.39, 0.29) is 6.03 Å². The third kappa shape index (κ3) is 5.79. The first-order chi connectivity index (χ1) is 15.5. The topological polar surface area (TPSA) is 104 Å². The van der Waals surface area contributed by atoms with E-state index in [9.17, 15) is 4.79 Å². The SMILES string of the molecule is Cc1cc(C)cc(NC(=O)Nc2ccc(Nc3cc(Nc4ccccn4)ncn3)cc2)c1. The maximum atomic E-state index is 12.3. The van der Waals surface area contributed by atoms with Crippen LogP contribution in [0.25, 0.3) is 0 Å². The predicted molar refractivity (Wildman–Crippen MR) is 128 cm³/mol. The molecule has 160 valence electrons. The average molecular weight is 425 g/mol. The summed E-state index contributed by atoms with van der Waals surface area (Å²) in [5.74, 6) is 1.96. The lowest BCUT2D eigenvalue weighted by Gasteiger charge is -2.11. The highest BCUT2D eigenvalue weighted by Gasteiger charge is 2.05. The highest BCUT2D eigenvalue weighted by atomic mass is 16.2. The van der Waals surface area contributed by atoms with E-state index in [2.05, 4.69) is 42.3 Å². The molecule has 2 aromatic carbocycles. The minimum Gasteiger partial charge on any atom is -0.340 e. The molecule has 0 saturated carbocycles. The van der Waals surface area contributed by atoms with E-state index in [4.69, 9.17) is 0 Å². The Labute approximate surface area is 186 Å². The number of aromatic nitrogens is 3. The van der Waals surface area contributed by atoms with Crippen molar-refractivity contribution in [1.82, 2.24) is 15.0 Å². The molecule has 0 aliphatic carbocycles. The minimum atomic E-state index is -0.295. The normalized spacial score (nSPS) is 10.3. The van der Waals surface area contributed by atoms with Crippen molar-refractivity contribution in [2.45, 2.75) is 13.8 Å². The molecule has 0 unspecified atom stereocenters. The second-order valence-corrected chi connectivity index (χ2v) is 7.29. The summed E-state index contributed by atoms with van der Waals surface area (Å²) in [6.07, 6.45) is 3.18. The molecular weight excluding hydrogens is 402 g/mol. The van der Waals surface area contributed by atoms with Gasteiger partial charge in [0.05, 0.1) is 0 Å². The second kappa shape index (κ2) is 9.57. The Bertz CT molecular complexity index is 1190. The zero-order valence-electron chi connectivity index (χ0n) is 17.8. The van der Waals surface area contributed by atoms with Crippen LogP contribution in [0.5, 0.6) is 0 Å². The molecule has 4 rings (SSSR count). The molecule has 2 aromatic heterocycles. The molecule has 0 radical (unpaired) electrons. The first-order valence-corrected chi connectivity index (χ1v) is 10.1. The largest absolute Gasteiger partial charge is 0.340 e. The van der Waals surface area contributed by atoms with Crippen LogP contribution in [0.4, 0.5) is 39.3 Å². The fraction of sp³-hybridized carbons (Fsp3) is 0.0833. The number of nitrogens with one attached hydrogen (secondary N) is 4. The molecule has 2 amide bonds. The Balaban J connectivity index is 1.35. The molecule has 0 aliphatic heterocycles. The van der Waals surface area contributed by atoms with Gasteiger partial charge in [-0.05, 0) is 73.5 Å². The van der Waals surface area contributed by atoms with E-state index in [1.807, 2.05) is 68.4 Å². The lowest BCUT2D eigenvalue weighted by atomic mass is 10.1. The van der Waals surface area contributed by atoms with Gasteiger partial charge < -0.3 is 21.3 Å². The summed E-state index contributed by atoms with van der Waals surface area (Å²) in [5, 5.41) is 12.0. The highest BCUT2D eigenvalue weighted by Crippen LogP contribution is 2.20. The van der Waals surface area contributed by atoms with E-state index < -0.39 is 0 Å². The number of aryl methyl sites for hydroxylation is 2. The summed E-state index contributed by atoms with van der Waals surface area (Å²) in [6.45, 7) is 3.99. The molecule has 0 saturated heterocycles. The lowest BCUT2D eigenvalue weighted by Crippen LogP contribution is -2.19. The van der Waals surface area contributed by atoms with Gasteiger partial charge in [-0.25, -0.2) is 19.7 Å². The van der Waals surface area contributed by atoms with Gasteiger partial charge in [-0.1, -0.05) is 12.1 Å². The van der Waals surface area contributed by atoms with Crippen LogP contribution in [0.15, 0.2) is 79.3 Å². The first kappa shape index (κ1) is 20.8. The molecule has 32 heavy (non-hydrogen) atoms. The van der Waals surface area contributed by atoms with Crippen LogP contribution in [-0.4, -0.2) is 21.0 Å². The fourth-order valence-corrected chi connectivity index (χ4v) is 3.19. The van der Waals surface area contributed by atoms with Gasteiger partial charge in [0.25, 0.3) is 0 Å². The predicted octanol–water partition coefficient (Wildman–Crippen LogP) is 5.62. The van der Waals surface area contributed by atoms with Crippen LogP contribution in [0.1, 0.15) is 11.1 Å². The van der Waals surface area contributed by atoms with E-state index in [1.54, 1.807) is 12.3 Å². The van der Waals surface area contributed by atoms with E-state index in [0.29, 0.717) is 23.1 Å². The van der Waals surface area contributed by atoms with Gasteiger partial charge in [0.15, 0.2) is 0 Å². The van der Waals surface area contributed by atoms with E-state index in [1.165, 1.54) is 6.33 Å². The Morgan fingerprint density at radius 2 is 1.31 bits per heavy atom. The third-order valence-electron chi connectivity index (χ3n) is 4.48. The molecule has 0 atom stereocenters. The highest BCUT2D eigenvalue weighted by molar-refractivity contribution is 5.99. The molecule has 0 bridgehead atoms. The number of carbonyl (C=O) groups is 1. The summed E-state index contributed by atoms with van der Waals surface area (Å²) in [6, 6.07) is 20.4. The summed E-state index contributed by atoms with van der Waals surface area (Å²) >= 11 is 0. The molecule has 2 heterocycles. The van der Waals surface area contributed by atoms with Crippen molar-refractivity contribution in [2.75, 3.05) is 21.3 Å². The Morgan fingerprint density at radius 3 is 2.00 bits per heavy atom. The Morgan fingerprint density at radius 1 is 0.656 bits per heavy atom. The molecule has 4 aromatic rings. The molecule has 0 spiro atoms. The standard InChI is InChI=1S/C24H23N7O/c1-16-11-17(2)13-20(12-16)30-24(32)29-19-8-6-18(7-9-19)28-22-14-23(27-15-26-22)31-21-5-3-4-10-25-21/h3-15H,1-2H3,(H2,29,30,32)(H2,25,26,27,28,31). The van der Waals surface area contributed by atoms with Crippen molar-refractivity contribution in [1.29, 1.82) is 0 Å². The number of nitrogens with zero attached hydrogens (tertiary/aromatic N) is 3. The van der Waals surface area contributed by atoms with Gasteiger partial charge in [-0.15, -0.1) is 0 Å². The van der Waals surface area contributed by atoms with Gasteiger partial charge in [0.2, 0.25) is 0 Å². The van der Waals surface area contributed by atoms with Crippen molar-refractivity contribution in [3.63, 3.8) is 0 Å². The van der Waals surface area contributed by atoms with Crippen LogP contribution >= 0.6 is 0 Å². The summed E-state index contributed by atoms with van der Waals surface area (Å²) in [5.41, 5.74) is 4.46. The van der Waals surface area contributed by atoms with Crippen molar-refractivity contribution in [3.8, 4) is 0 Å². The number of hydrogen-bond acceptors (Lipinski definition) is 6. The van der Waals surface area contributed by atoms with Gasteiger partial charge in [0, 0.05) is 29.3 Å². The van der Waals surface area contributed by atoms with E-state index >= 15 is 0 Å². The van der Waals surface area contributed by atoms with Crippen molar-refractivity contribution >= 4 is 40.5 Å². The summed E-state index contributed by atoms with van der Waals surface area (Å²) in [7, 11) is 0. The quantitative estimate of drug-likeness (QED) is 0.320. The van der Waals surface area contributed by atoms with Gasteiger partial charge in [-0.3, -0.25) is 0 Å². The number of rotatable bonds is 6. The van der Waals surface area contributed by atoms with Crippen molar-refractivity contribution in [3.05, 3.63) is 90.4 Å². The minimum absolute atomic E-state index is 0.295. The molecule has 4 N–H and O–H groups in total. The zero-order valence-corrected chi connectivity index (χ0v) is 17.8. The smallest absolute Gasteiger partial charge is 0.323 e. The maximum Gasteiger partial charge on any atom is 0.323 e. The van der Waals surface area contributed by atoms with E-state index in [0.717, 1.165) is 22.5 Å². The van der Waals surface area contributed by atoms with Gasteiger partial charge in [0.1, 0.15) is 23.8 Å². The zero-order chi connectivity index (χ0) is 22.3. The number of hydrogen-bond donors (Lipinski definition) is 4. The maximum absolute atomic E-state index is 12.3. The number of anilines is 6. The van der Waals surface area contributed by atoms with Crippen molar-refractivity contribution in [2.24, 2.45) is 0 Å². The molecule has 0 fully saturated rings. The molecule has 8 nitrogen and oxygen atoms in total.